The van der Waals surface area contributed by atoms with E-state index in [0.29, 0.717) is 10.6 Å². The highest BCUT2D eigenvalue weighted by atomic mass is 35.5. The summed E-state index contributed by atoms with van der Waals surface area (Å²) in [5.41, 5.74) is 7.55. The highest BCUT2D eigenvalue weighted by Gasteiger charge is 2.08. The zero-order valence-corrected chi connectivity index (χ0v) is 9.24. The number of halogens is 1. The predicted octanol–water partition coefficient (Wildman–Crippen LogP) is 3.11. The maximum Gasteiger partial charge on any atom is 0.250 e. The number of carbonyl (C=O) groups excluding carboxylic acids is 1. The molecule has 2 nitrogen and oxygen atoms in total. The van der Waals surface area contributed by atoms with Crippen LogP contribution in [0.3, 0.4) is 0 Å². The summed E-state index contributed by atoms with van der Waals surface area (Å²) in [6.45, 7) is 0. The standard InChI is InChI=1S/C13H10ClNO/c14-12-7-6-10(8-11(12)13(15)16)9-4-2-1-3-5-9/h1-8H,(H2,15,16). The Bertz CT molecular complexity index is 523. The summed E-state index contributed by atoms with van der Waals surface area (Å²) in [5.74, 6) is -0.511. The quantitative estimate of drug-likeness (QED) is 0.848. The van der Waals surface area contributed by atoms with Crippen LogP contribution in [0, 0.1) is 0 Å². The van der Waals surface area contributed by atoms with E-state index < -0.39 is 5.91 Å². The van der Waals surface area contributed by atoms with Gasteiger partial charge in [0, 0.05) is 0 Å². The number of carbonyl (C=O) groups is 1. The van der Waals surface area contributed by atoms with E-state index in [1.165, 1.54) is 0 Å². The van der Waals surface area contributed by atoms with E-state index in [1.54, 1.807) is 12.1 Å². The predicted molar refractivity (Wildman–Crippen MR) is 65.4 cm³/mol. The largest absolute Gasteiger partial charge is 0.366 e. The van der Waals surface area contributed by atoms with E-state index in [1.807, 2.05) is 36.4 Å². The van der Waals surface area contributed by atoms with Crippen molar-refractivity contribution in [3.8, 4) is 11.1 Å². The molecule has 0 atom stereocenters. The van der Waals surface area contributed by atoms with Crippen molar-refractivity contribution in [1.29, 1.82) is 0 Å². The summed E-state index contributed by atoms with van der Waals surface area (Å²) < 4.78 is 0. The van der Waals surface area contributed by atoms with Crippen molar-refractivity contribution in [2.45, 2.75) is 0 Å². The molecule has 2 rings (SSSR count). The Morgan fingerprint density at radius 1 is 1.00 bits per heavy atom. The summed E-state index contributed by atoms with van der Waals surface area (Å²) in [5, 5.41) is 0.382. The third kappa shape index (κ3) is 2.07. The number of hydrogen-bond donors (Lipinski definition) is 1. The van der Waals surface area contributed by atoms with E-state index in [9.17, 15) is 4.79 Å². The summed E-state index contributed by atoms with van der Waals surface area (Å²) in [6, 6.07) is 15.0. The van der Waals surface area contributed by atoms with Gasteiger partial charge in [0.15, 0.2) is 0 Å². The Hall–Kier alpha value is -1.80. The second-order valence-corrected chi connectivity index (χ2v) is 3.83. The van der Waals surface area contributed by atoms with Crippen LogP contribution in [-0.2, 0) is 0 Å². The van der Waals surface area contributed by atoms with Crippen LogP contribution in [-0.4, -0.2) is 5.91 Å². The molecule has 0 fully saturated rings. The molecule has 0 heterocycles. The van der Waals surface area contributed by atoms with Crippen molar-refractivity contribution in [3.05, 3.63) is 59.1 Å². The molecule has 2 aromatic rings. The molecule has 0 aliphatic heterocycles. The van der Waals surface area contributed by atoms with Crippen LogP contribution < -0.4 is 5.73 Å². The van der Waals surface area contributed by atoms with Gasteiger partial charge >= 0.3 is 0 Å². The van der Waals surface area contributed by atoms with Crippen LogP contribution in [0.2, 0.25) is 5.02 Å². The molecule has 0 radical (unpaired) electrons. The van der Waals surface area contributed by atoms with Crippen molar-refractivity contribution in [3.63, 3.8) is 0 Å². The van der Waals surface area contributed by atoms with Gasteiger partial charge in [-0.3, -0.25) is 4.79 Å². The van der Waals surface area contributed by atoms with Gasteiger partial charge in [0.05, 0.1) is 10.6 Å². The minimum absolute atomic E-state index is 0.350. The van der Waals surface area contributed by atoms with Gasteiger partial charge in [0.1, 0.15) is 0 Å². The molecule has 80 valence electrons. The first-order valence-corrected chi connectivity index (χ1v) is 5.21. The van der Waals surface area contributed by atoms with Gasteiger partial charge in [-0.05, 0) is 23.3 Å². The minimum atomic E-state index is -0.511. The van der Waals surface area contributed by atoms with E-state index in [-0.39, 0.29) is 0 Å². The lowest BCUT2D eigenvalue weighted by Crippen LogP contribution is -2.11. The molecule has 0 aliphatic carbocycles. The number of benzene rings is 2. The van der Waals surface area contributed by atoms with Crippen LogP contribution in [0.15, 0.2) is 48.5 Å². The molecule has 0 spiro atoms. The molecule has 0 saturated carbocycles. The zero-order chi connectivity index (χ0) is 11.5. The average Bonchev–Trinajstić information content (AvgIpc) is 2.30. The first-order chi connectivity index (χ1) is 7.68. The summed E-state index contributed by atoms with van der Waals surface area (Å²) >= 11 is 5.88. The molecule has 0 saturated heterocycles. The molecule has 0 aromatic heterocycles. The van der Waals surface area contributed by atoms with Gasteiger partial charge in [-0.15, -0.1) is 0 Å². The minimum Gasteiger partial charge on any atom is -0.366 e. The molecule has 1 amide bonds. The summed E-state index contributed by atoms with van der Waals surface area (Å²) in [7, 11) is 0. The third-order valence-corrected chi connectivity index (χ3v) is 2.67. The number of primary amides is 1. The van der Waals surface area contributed by atoms with Crippen molar-refractivity contribution < 1.29 is 4.79 Å². The maximum atomic E-state index is 11.1. The molecular formula is C13H10ClNO. The van der Waals surface area contributed by atoms with Gasteiger partial charge in [-0.1, -0.05) is 48.0 Å². The van der Waals surface area contributed by atoms with Gasteiger partial charge < -0.3 is 5.73 Å². The number of amides is 1. The smallest absolute Gasteiger partial charge is 0.250 e. The normalized spacial score (nSPS) is 10.1. The fraction of sp³-hybridized carbons (Fsp3) is 0. The molecule has 2 aromatic carbocycles. The highest BCUT2D eigenvalue weighted by molar-refractivity contribution is 6.33. The average molecular weight is 232 g/mol. The molecule has 3 heteroatoms. The molecule has 16 heavy (non-hydrogen) atoms. The van der Waals surface area contributed by atoms with E-state index >= 15 is 0 Å². The van der Waals surface area contributed by atoms with Crippen LogP contribution in [0.25, 0.3) is 11.1 Å². The van der Waals surface area contributed by atoms with Gasteiger partial charge in [0.2, 0.25) is 5.91 Å². The summed E-state index contributed by atoms with van der Waals surface area (Å²) in [6.07, 6.45) is 0. The second kappa shape index (κ2) is 4.37. The van der Waals surface area contributed by atoms with Gasteiger partial charge in [-0.25, -0.2) is 0 Å². The Labute approximate surface area is 98.7 Å². The maximum absolute atomic E-state index is 11.1. The van der Waals surface area contributed by atoms with Crippen LogP contribution in [0.5, 0.6) is 0 Å². The van der Waals surface area contributed by atoms with E-state index in [0.717, 1.165) is 11.1 Å². The Balaban J connectivity index is 2.52. The van der Waals surface area contributed by atoms with Crippen molar-refractivity contribution in [1.82, 2.24) is 0 Å². The number of hydrogen-bond acceptors (Lipinski definition) is 1. The topological polar surface area (TPSA) is 43.1 Å². The van der Waals surface area contributed by atoms with Gasteiger partial charge in [-0.2, -0.15) is 0 Å². The first kappa shape index (κ1) is 10.7. The Morgan fingerprint density at radius 3 is 2.31 bits per heavy atom. The molecule has 0 aliphatic rings. The van der Waals surface area contributed by atoms with Crippen LogP contribution >= 0.6 is 11.6 Å². The lowest BCUT2D eigenvalue weighted by molar-refractivity contribution is 0.100. The molecule has 0 bridgehead atoms. The Morgan fingerprint density at radius 2 is 1.69 bits per heavy atom. The second-order valence-electron chi connectivity index (χ2n) is 3.42. The van der Waals surface area contributed by atoms with Crippen LogP contribution in [0.1, 0.15) is 10.4 Å². The molecular weight excluding hydrogens is 222 g/mol. The van der Waals surface area contributed by atoms with Crippen LogP contribution in [0.4, 0.5) is 0 Å². The van der Waals surface area contributed by atoms with E-state index in [2.05, 4.69) is 0 Å². The lowest BCUT2D eigenvalue weighted by Gasteiger charge is -2.05. The van der Waals surface area contributed by atoms with Crippen molar-refractivity contribution in [2.24, 2.45) is 5.73 Å². The molecule has 0 unspecified atom stereocenters. The fourth-order valence-electron chi connectivity index (χ4n) is 1.52. The fourth-order valence-corrected chi connectivity index (χ4v) is 1.73. The van der Waals surface area contributed by atoms with Crippen molar-refractivity contribution in [2.75, 3.05) is 0 Å². The highest BCUT2D eigenvalue weighted by Crippen LogP contribution is 2.24. The monoisotopic (exact) mass is 231 g/mol. The SMILES string of the molecule is NC(=O)c1cc(-c2ccccc2)ccc1Cl. The zero-order valence-electron chi connectivity index (χ0n) is 8.48. The number of rotatable bonds is 2. The van der Waals surface area contributed by atoms with Crippen molar-refractivity contribution >= 4 is 17.5 Å². The summed E-state index contributed by atoms with van der Waals surface area (Å²) in [4.78, 5) is 11.1. The third-order valence-electron chi connectivity index (χ3n) is 2.34. The molecule has 2 N–H and O–H groups in total. The Kier molecular flexibility index (Phi) is 2.93. The number of nitrogens with two attached hydrogens (primary N) is 1. The van der Waals surface area contributed by atoms with Gasteiger partial charge in [0.25, 0.3) is 0 Å². The lowest BCUT2D eigenvalue weighted by atomic mass is 10.0. The first-order valence-electron chi connectivity index (χ1n) is 4.83. The van der Waals surface area contributed by atoms with E-state index in [4.69, 9.17) is 17.3 Å².